The molecule has 2 nitrogen and oxygen atoms in total. The van der Waals surface area contributed by atoms with Crippen LogP contribution in [0.5, 0.6) is 0 Å². The second-order valence-corrected chi connectivity index (χ2v) is 3.22. The van der Waals surface area contributed by atoms with E-state index in [1.165, 1.54) is 0 Å². The minimum Gasteiger partial charge on any atom is -0.348 e. The molecule has 0 spiro atoms. The standard InChI is InChI=1S/C5H10BrNO/c1-4(6)5(8)7(2)3/h4H,1-3H3/t4-/m1/s1. The monoisotopic (exact) mass is 179 g/mol. The van der Waals surface area contributed by atoms with E-state index in [4.69, 9.17) is 0 Å². The van der Waals surface area contributed by atoms with Crippen LogP contribution in [0.4, 0.5) is 0 Å². The Bertz CT molecular complexity index is 80.4. The first-order chi connectivity index (χ1) is 3.55. The lowest BCUT2D eigenvalue weighted by atomic mass is 10.4. The lowest BCUT2D eigenvalue weighted by Crippen LogP contribution is -2.27. The second kappa shape index (κ2) is 3.07. The van der Waals surface area contributed by atoms with Gasteiger partial charge in [-0.25, -0.2) is 0 Å². The minimum absolute atomic E-state index is 0.0579. The molecule has 1 atom stereocenters. The van der Waals surface area contributed by atoms with E-state index >= 15 is 0 Å². The molecule has 0 aliphatic rings. The lowest BCUT2D eigenvalue weighted by molar-refractivity contribution is -0.127. The minimum atomic E-state index is -0.0579. The van der Waals surface area contributed by atoms with Crippen molar-refractivity contribution in [1.82, 2.24) is 4.90 Å². The maximum atomic E-state index is 10.7. The predicted octanol–water partition coefficient (Wildman–Crippen LogP) is 0.858. The summed E-state index contributed by atoms with van der Waals surface area (Å²) in [6.45, 7) is 1.81. The molecule has 0 aromatic heterocycles. The van der Waals surface area contributed by atoms with Crippen LogP contribution < -0.4 is 0 Å². The third kappa shape index (κ3) is 2.31. The summed E-state index contributed by atoms with van der Waals surface area (Å²) in [5, 5.41) is 0. The van der Waals surface area contributed by atoms with Gasteiger partial charge in [0.25, 0.3) is 0 Å². The molecule has 0 fully saturated rings. The van der Waals surface area contributed by atoms with Gasteiger partial charge in [-0.15, -0.1) is 0 Å². The van der Waals surface area contributed by atoms with Gasteiger partial charge < -0.3 is 4.90 Å². The first kappa shape index (κ1) is 7.95. The average Bonchev–Trinajstić information content (AvgIpc) is 1.64. The van der Waals surface area contributed by atoms with Crippen molar-refractivity contribution in [3.63, 3.8) is 0 Å². The molecule has 0 radical (unpaired) electrons. The molecule has 0 N–H and O–H groups in total. The van der Waals surface area contributed by atoms with Crippen molar-refractivity contribution >= 4 is 21.8 Å². The largest absolute Gasteiger partial charge is 0.348 e. The van der Waals surface area contributed by atoms with Gasteiger partial charge >= 0.3 is 0 Å². The highest BCUT2D eigenvalue weighted by molar-refractivity contribution is 9.10. The normalized spacial score (nSPS) is 13.0. The number of halogens is 1. The Morgan fingerprint density at radius 1 is 1.62 bits per heavy atom. The molecular weight excluding hydrogens is 170 g/mol. The van der Waals surface area contributed by atoms with Crippen LogP contribution in [0.25, 0.3) is 0 Å². The number of amides is 1. The third-order valence-corrected chi connectivity index (χ3v) is 1.17. The topological polar surface area (TPSA) is 20.3 Å². The summed E-state index contributed by atoms with van der Waals surface area (Å²) in [7, 11) is 3.47. The molecule has 0 unspecified atom stereocenters. The molecule has 3 heteroatoms. The van der Waals surface area contributed by atoms with E-state index in [2.05, 4.69) is 15.9 Å². The molecule has 1 amide bonds. The van der Waals surface area contributed by atoms with Gasteiger partial charge in [-0.3, -0.25) is 4.79 Å². The molecule has 48 valence electrons. The number of carbonyl (C=O) groups excluding carboxylic acids is 1. The predicted molar refractivity (Wildman–Crippen MR) is 37.1 cm³/mol. The van der Waals surface area contributed by atoms with Crippen LogP contribution in [0.15, 0.2) is 0 Å². The Morgan fingerprint density at radius 3 is 2.00 bits per heavy atom. The first-order valence-corrected chi connectivity index (χ1v) is 3.32. The zero-order chi connectivity index (χ0) is 6.73. The van der Waals surface area contributed by atoms with Gasteiger partial charge in [0.15, 0.2) is 0 Å². The quantitative estimate of drug-likeness (QED) is 0.548. The zero-order valence-corrected chi connectivity index (χ0v) is 6.90. The number of hydrogen-bond donors (Lipinski definition) is 0. The highest BCUT2D eigenvalue weighted by Gasteiger charge is 2.08. The number of rotatable bonds is 1. The van der Waals surface area contributed by atoms with Gasteiger partial charge in [0.05, 0.1) is 4.83 Å². The summed E-state index contributed by atoms with van der Waals surface area (Å²) in [5.41, 5.74) is 0. The van der Waals surface area contributed by atoms with E-state index in [9.17, 15) is 4.79 Å². The zero-order valence-electron chi connectivity index (χ0n) is 5.31. The average molecular weight is 180 g/mol. The van der Waals surface area contributed by atoms with E-state index in [1.54, 1.807) is 19.0 Å². The maximum absolute atomic E-state index is 10.7. The summed E-state index contributed by atoms with van der Waals surface area (Å²) in [4.78, 5) is 12.2. The maximum Gasteiger partial charge on any atom is 0.235 e. The van der Waals surface area contributed by atoms with Gasteiger partial charge in [0, 0.05) is 14.1 Å². The van der Waals surface area contributed by atoms with Gasteiger partial charge in [-0.05, 0) is 6.92 Å². The summed E-state index contributed by atoms with van der Waals surface area (Å²) in [6, 6.07) is 0. The van der Waals surface area contributed by atoms with Crippen LogP contribution in [-0.2, 0) is 4.79 Å². The van der Waals surface area contributed by atoms with Crippen LogP contribution in [0.2, 0.25) is 0 Å². The van der Waals surface area contributed by atoms with Gasteiger partial charge in [0.1, 0.15) is 0 Å². The molecule has 0 heterocycles. The van der Waals surface area contributed by atoms with Crippen LogP contribution in [0.1, 0.15) is 6.92 Å². The highest BCUT2D eigenvalue weighted by atomic mass is 79.9. The molecule has 0 aromatic rings. The van der Waals surface area contributed by atoms with E-state index in [0.717, 1.165) is 0 Å². The van der Waals surface area contributed by atoms with Crippen molar-refractivity contribution < 1.29 is 4.79 Å². The molecule has 0 aliphatic carbocycles. The fraction of sp³-hybridized carbons (Fsp3) is 0.800. The number of nitrogens with zero attached hydrogens (tertiary/aromatic N) is 1. The highest BCUT2D eigenvalue weighted by Crippen LogP contribution is 1.99. The number of carbonyl (C=O) groups is 1. The number of hydrogen-bond acceptors (Lipinski definition) is 1. The van der Waals surface area contributed by atoms with Crippen molar-refractivity contribution in [2.75, 3.05) is 14.1 Å². The molecule has 0 saturated carbocycles. The van der Waals surface area contributed by atoms with Crippen molar-refractivity contribution in [3.05, 3.63) is 0 Å². The van der Waals surface area contributed by atoms with E-state index in [-0.39, 0.29) is 10.7 Å². The molecule has 0 aromatic carbocycles. The Hall–Kier alpha value is -0.0500. The summed E-state index contributed by atoms with van der Waals surface area (Å²) >= 11 is 3.15. The smallest absolute Gasteiger partial charge is 0.235 e. The molecular formula is C5H10BrNO. The fourth-order valence-electron chi connectivity index (χ4n) is 0.356. The van der Waals surface area contributed by atoms with Crippen LogP contribution in [-0.4, -0.2) is 29.7 Å². The Kier molecular flexibility index (Phi) is 3.05. The summed E-state index contributed by atoms with van der Waals surface area (Å²) in [5.74, 6) is 0.102. The first-order valence-electron chi connectivity index (χ1n) is 2.41. The molecule has 0 rings (SSSR count). The molecule has 0 bridgehead atoms. The summed E-state index contributed by atoms with van der Waals surface area (Å²) in [6.07, 6.45) is 0. The molecule has 0 saturated heterocycles. The second-order valence-electron chi connectivity index (χ2n) is 1.85. The number of alkyl halides is 1. The van der Waals surface area contributed by atoms with Gasteiger partial charge in [-0.2, -0.15) is 0 Å². The Morgan fingerprint density at radius 2 is 2.00 bits per heavy atom. The van der Waals surface area contributed by atoms with E-state index < -0.39 is 0 Å². The van der Waals surface area contributed by atoms with Crippen molar-refractivity contribution in [1.29, 1.82) is 0 Å². The van der Waals surface area contributed by atoms with Gasteiger partial charge in [-0.1, -0.05) is 15.9 Å². The van der Waals surface area contributed by atoms with E-state index in [1.807, 2.05) is 6.92 Å². The third-order valence-electron chi connectivity index (χ3n) is 0.781. The van der Waals surface area contributed by atoms with Crippen molar-refractivity contribution in [3.8, 4) is 0 Å². The Labute approximate surface area is 58.0 Å². The van der Waals surface area contributed by atoms with Crippen molar-refractivity contribution in [2.24, 2.45) is 0 Å². The fourth-order valence-corrected chi connectivity index (χ4v) is 0.765. The van der Waals surface area contributed by atoms with Crippen molar-refractivity contribution in [2.45, 2.75) is 11.8 Å². The lowest BCUT2D eigenvalue weighted by Gasteiger charge is -2.10. The SMILES string of the molecule is C[C@@H](Br)C(=O)N(C)C. The summed E-state index contributed by atoms with van der Waals surface area (Å²) < 4.78 is 0. The van der Waals surface area contributed by atoms with Crippen LogP contribution in [0.3, 0.4) is 0 Å². The van der Waals surface area contributed by atoms with Crippen LogP contribution >= 0.6 is 15.9 Å². The van der Waals surface area contributed by atoms with E-state index in [0.29, 0.717) is 0 Å². The van der Waals surface area contributed by atoms with Gasteiger partial charge in [0.2, 0.25) is 5.91 Å². The molecule has 8 heavy (non-hydrogen) atoms. The van der Waals surface area contributed by atoms with Crippen LogP contribution in [0, 0.1) is 0 Å². The molecule has 0 aliphatic heterocycles. The Balaban J connectivity index is 3.65.